The molecular formula is C12H22O6. The van der Waals surface area contributed by atoms with Crippen LogP contribution in [0.5, 0.6) is 0 Å². The first-order chi connectivity index (χ1) is 8.54. The average molecular weight is 262 g/mol. The summed E-state index contributed by atoms with van der Waals surface area (Å²) in [5.74, 6) is 0. The molecular weight excluding hydrogens is 240 g/mol. The van der Waals surface area contributed by atoms with Gasteiger partial charge in [-0.05, 0) is 6.42 Å². The highest BCUT2D eigenvalue weighted by atomic mass is 16.7. The van der Waals surface area contributed by atoms with Gasteiger partial charge in [0.25, 0.3) is 0 Å². The van der Waals surface area contributed by atoms with Crippen molar-refractivity contribution in [1.82, 2.24) is 0 Å². The second-order valence-corrected chi connectivity index (χ2v) is 4.40. The van der Waals surface area contributed by atoms with E-state index >= 15 is 0 Å². The second kappa shape index (κ2) is 7.18. The van der Waals surface area contributed by atoms with Crippen molar-refractivity contribution in [3.63, 3.8) is 0 Å². The van der Waals surface area contributed by atoms with Crippen LogP contribution in [0, 0.1) is 0 Å². The average Bonchev–Trinajstić information content (AvgIpc) is 2.38. The first-order valence-electron chi connectivity index (χ1n) is 6.13. The fourth-order valence-corrected chi connectivity index (χ4v) is 1.88. The normalized spacial score (nSPS) is 38.4. The van der Waals surface area contributed by atoms with Gasteiger partial charge in [0.1, 0.15) is 24.4 Å². The van der Waals surface area contributed by atoms with Crippen LogP contribution in [0.4, 0.5) is 0 Å². The molecule has 0 amide bonds. The largest absolute Gasteiger partial charge is 0.394 e. The fourth-order valence-electron chi connectivity index (χ4n) is 1.88. The molecule has 1 saturated heterocycles. The SMILES string of the molecule is C=C[C@@H](CCC)O[C@@H]1O[C@H](CO)[C@@H](O)[C@H](O)[C@H]1O. The molecule has 1 heterocycles. The molecule has 4 N–H and O–H groups in total. The molecule has 0 spiro atoms. The molecule has 1 aliphatic rings. The topological polar surface area (TPSA) is 99.4 Å². The molecule has 106 valence electrons. The van der Waals surface area contributed by atoms with E-state index in [2.05, 4.69) is 6.58 Å². The van der Waals surface area contributed by atoms with Gasteiger partial charge >= 0.3 is 0 Å². The van der Waals surface area contributed by atoms with Gasteiger partial charge in [0, 0.05) is 0 Å². The lowest BCUT2D eigenvalue weighted by Gasteiger charge is -2.40. The Labute approximate surface area is 106 Å². The van der Waals surface area contributed by atoms with Gasteiger partial charge in [-0.15, -0.1) is 6.58 Å². The fraction of sp³-hybridized carbons (Fsp3) is 0.833. The van der Waals surface area contributed by atoms with Crippen LogP contribution in [0.3, 0.4) is 0 Å². The molecule has 18 heavy (non-hydrogen) atoms. The third-order valence-electron chi connectivity index (χ3n) is 2.99. The van der Waals surface area contributed by atoms with Crippen molar-refractivity contribution in [3.05, 3.63) is 12.7 Å². The van der Waals surface area contributed by atoms with Gasteiger partial charge in [-0.2, -0.15) is 0 Å². The van der Waals surface area contributed by atoms with Crippen molar-refractivity contribution < 1.29 is 29.9 Å². The molecule has 0 unspecified atom stereocenters. The van der Waals surface area contributed by atoms with E-state index in [0.29, 0.717) is 6.42 Å². The lowest BCUT2D eigenvalue weighted by Crippen LogP contribution is -2.59. The number of aliphatic hydroxyl groups is 4. The van der Waals surface area contributed by atoms with Crippen molar-refractivity contribution in [3.8, 4) is 0 Å². The summed E-state index contributed by atoms with van der Waals surface area (Å²) in [7, 11) is 0. The first kappa shape index (κ1) is 15.6. The van der Waals surface area contributed by atoms with Gasteiger partial charge in [-0.1, -0.05) is 19.4 Å². The molecule has 0 radical (unpaired) electrons. The smallest absolute Gasteiger partial charge is 0.187 e. The highest BCUT2D eigenvalue weighted by Crippen LogP contribution is 2.23. The molecule has 0 saturated carbocycles. The third-order valence-corrected chi connectivity index (χ3v) is 2.99. The summed E-state index contributed by atoms with van der Waals surface area (Å²) in [6.07, 6.45) is -3.31. The molecule has 1 aliphatic heterocycles. The quantitative estimate of drug-likeness (QED) is 0.466. The highest BCUT2D eigenvalue weighted by molar-refractivity contribution is 4.90. The van der Waals surface area contributed by atoms with E-state index in [1.165, 1.54) is 0 Å². The molecule has 0 aromatic heterocycles. The van der Waals surface area contributed by atoms with Gasteiger partial charge in [0.05, 0.1) is 12.7 Å². The van der Waals surface area contributed by atoms with Crippen LogP contribution in [-0.4, -0.2) is 63.8 Å². The molecule has 6 heteroatoms. The van der Waals surface area contributed by atoms with E-state index in [1.807, 2.05) is 6.92 Å². The molecule has 1 fully saturated rings. The van der Waals surface area contributed by atoms with Crippen molar-refractivity contribution in [1.29, 1.82) is 0 Å². The number of aliphatic hydroxyl groups excluding tert-OH is 4. The van der Waals surface area contributed by atoms with Gasteiger partial charge in [-0.25, -0.2) is 0 Å². The van der Waals surface area contributed by atoms with Crippen LogP contribution >= 0.6 is 0 Å². The minimum absolute atomic E-state index is 0.309. The second-order valence-electron chi connectivity index (χ2n) is 4.40. The zero-order valence-corrected chi connectivity index (χ0v) is 10.5. The monoisotopic (exact) mass is 262 g/mol. The van der Waals surface area contributed by atoms with Crippen LogP contribution in [0.1, 0.15) is 19.8 Å². The first-order valence-corrected chi connectivity index (χ1v) is 6.13. The lowest BCUT2D eigenvalue weighted by atomic mass is 9.99. The summed E-state index contributed by atoms with van der Waals surface area (Å²) >= 11 is 0. The minimum Gasteiger partial charge on any atom is -0.394 e. The predicted octanol–water partition coefficient (Wildman–Crippen LogP) is -0.842. The minimum atomic E-state index is -1.41. The summed E-state index contributed by atoms with van der Waals surface area (Å²) in [5.41, 5.74) is 0. The predicted molar refractivity (Wildman–Crippen MR) is 63.7 cm³/mol. The summed E-state index contributed by atoms with van der Waals surface area (Å²) < 4.78 is 10.7. The molecule has 6 atom stereocenters. The number of hydrogen-bond acceptors (Lipinski definition) is 6. The molecule has 0 aliphatic carbocycles. The van der Waals surface area contributed by atoms with Crippen molar-refractivity contribution in [2.45, 2.75) is 56.6 Å². The zero-order chi connectivity index (χ0) is 13.7. The van der Waals surface area contributed by atoms with E-state index in [-0.39, 0.29) is 6.10 Å². The number of rotatable bonds is 6. The Morgan fingerprint density at radius 1 is 1.28 bits per heavy atom. The Kier molecular flexibility index (Phi) is 6.20. The summed E-state index contributed by atoms with van der Waals surface area (Å²) in [6.45, 7) is 5.14. The molecule has 0 aromatic rings. The van der Waals surface area contributed by atoms with E-state index in [1.54, 1.807) is 6.08 Å². The van der Waals surface area contributed by atoms with Gasteiger partial charge in [0.2, 0.25) is 0 Å². The molecule has 6 nitrogen and oxygen atoms in total. The van der Waals surface area contributed by atoms with Gasteiger partial charge in [0.15, 0.2) is 6.29 Å². The summed E-state index contributed by atoms with van der Waals surface area (Å²) in [6, 6.07) is 0. The summed E-state index contributed by atoms with van der Waals surface area (Å²) in [5, 5.41) is 38.0. The Bertz CT molecular complexity index is 257. The maximum Gasteiger partial charge on any atom is 0.187 e. The standard InChI is InChI=1S/C12H22O6/c1-3-5-7(4-2)17-12-11(16)10(15)9(14)8(6-13)18-12/h4,7-16H,2-3,5-6H2,1H3/t7-,8+,9+,10-,11+,12+/m0/s1. The van der Waals surface area contributed by atoms with Crippen LogP contribution in [0.25, 0.3) is 0 Å². The zero-order valence-electron chi connectivity index (χ0n) is 10.5. The Balaban J connectivity index is 2.66. The van der Waals surface area contributed by atoms with Crippen molar-refractivity contribution >= 4 is 0 Å². The van der Waals surface area contributed by atoms with Crippen LogP contribution in [0.2, 0.25) is 0 Å². The van der Waals surface area contributed by atoms with E-state index in [4.69, 9.17) is 14.6 Å². The van der Waals surface area contributed by atoms with Crippen LogP contribution < -0.4 is 0 Å². The Hall–Kier alpha value is -0.500. The Morgan fingerprint density at radius 2 is 1.94 bits per heavy atom. The van der Waals surface area contributed by atoms with E-state index < -0.39 is 37.3 Å². The maximum atomic E-state index is 9.76. The molecule has 1 rings (SSSR count). The van der Waals surface area contributed by atoms with E-state index in [9.17, 15) is 15.3 Å². The van der Waals surface area contributed by atoms with Crippen molar-refractivity contribution in [2.75, 3.05) is 6.61 Å². The summed E-state index contributed by atoms with van der Waals surface area (Å²) in [4.78, 5) is 0. The Morgan fingerprint density at radius 3 is 2.44 bits per heavy atom. The maximum absolute atomic E-state index is 9.76. The molecule has 0 aromatic carbocycles. The number of ether oxygens (including phenoxy) is 2. The third kappa shape index (κ3) is 3.50. The molecule has 0 bridgehead atoms. The highest BCUT2D eigenvalue weighted by Gasteiger charge is 2.44. The number of hydrogen-bond donors (Lipinski definition) is 4. The van der Waals surface area contributed by atoms with Crippen molar-refractivity contribution in [2.24, 2.45) is 0 Å². The van der Waals surface area contributed by atoms with Crippen LogP contribution in [-0.2, 0) is 9.47 Å². The lowest BCUT2D eigenvalue weighted by molar-refractivity contribution is -0.307. The van der Waals surface area contributed by atoms with Crippen LogP contribution in [0.15, 0.2) is 12.7 Å². The van der Waals surface area contributed by atoms with Gasteiger partial charge < -0.3 is 29.9 Å². The van der Waals surface area contributed by atoms with E-state index in [0.717, 1.165) is 6.42 Å². The van der Waals surface area contributed by atoms with Gasteiger partial charge in [-0.3, -0.25) is 0 Å².